The van der Waals surface area contributed by atoms with Crippen molar-refractivity contribution in [3.05, 3.63) is 52.5 Å². The van der Waals surface area contributed by atoms with E-state index in [1.165, 1.54) is 24.3 Å². The van der Waals surface area contributed by atoms with Crippen LogP contribution in [0.1, 0.15) is 0 Å². The zero-order valence-corrected chi connectivity index (χ0v) is 13.7. The van der Waals surface area contributed by atoms with Gasteiger partial charge < -0.3 is 9.47 Å². The third kappa shape index (κ3) is 4.78. The van der Waals surface area contributed by atoms with Crippen LogP contribution < -0.4 is 14.6 Å². The van der Waals surface area contributed by atoms with Gasteiger partial charge in [0.25, 0.3) is 0 Å². The van der Waals surface area contributed by atoms with E-state index in [4.69, 9.17) is 37.8 Å². The summed E-state index contributed by atoms with van der Waals surface area (Å²) in [6.07, 6.45) is 0. The van der Waals surface area contributed by atoms with Gasteiger partial charge in [-0.15, -0.1) is 0 Å². The van der Waals surface area contributed by atoms with Crippen molar-refractivity contribution in [3.8, 4) is 11.5 Å². The van der Waals surface area contributed by atoms with Crippen LogP contribution >= 0.6 is 23.2 Å². The number of halogens is 2. The van der Waals surface area contributed by atoms with Crippen molar-refractivity contribution >= 4 is 33.2 Å². The molecule has 0 atom stereocenters. The summed E-state index contributed by atoms with van der Waals surface area (Å²) in [7, 11) is -3.70. The molecule has 0 radical (unpaired) electrons. The quantitative estimate of drug-likeness (QED) is 0.801. The predicted molar refractivity (Wildman–Crippen MR) is 85.3 cm³/mol. The summed E-state index contributed by atoms with van der Waals surface area (Å²) in [6, 6.07) is 10.7. The van der Waals surface area contributed by atoms with Crippen molar-refractivity contribution in [1.82, 2.24) is 0 Å². The molecule has 0 saturated heterocycles. The highest BCUT2D eigenvalue weighted by Crippen LogP contribution is 2.27. The van der Waals surface area contributed by atoms with Gasteiger partial charge in [0.15, 0.2) is 0 Å². The summed E-state index contributed by atoms with van der Waals surface area (Å²) in [5, 5.41) is 5.99. The number of hydrogen-bond donors (Lipinski definition) is 1. The standard InChI is InChI=1S/C14H13Cl2NO4S/c15-10-1-6-13(16)14(9-10)21-8-7-20-11-2-4-12(5-3-11)22(17,18)19/h1-6,9H,7-8H2,(H2,17,18,19). The molecule has 2 aromatic carbocycles. The highest BCUT2D eigenvalue weighted by atomic mass is 35.5. The largest absolute Gasteiger partial charge is 0.490 e. The van der Waals surface area contributed by atoms with Crippen LogP contribution in [-0.4, -0.2) is 21.6 Å². The van der Waals surface area contributed by atoms with Gasteiger partial charge in [0, 0.05) is 11.1 Å². The van der Waals surface area contributed by atoms with Gasteiger partial charge >= 0.3 is 0 Å². The third-order valence-electron chi connectivity index (χ3n) is 2.66. The molecular weight excluding hydrogens is 349 g/mol. The minimum absolute atomic E-state index is 0.0295. The first-order chi connectivity index (χ1) is 10.4. The van der Waals surface area contributed by atoms with Gasteiger partial charge in [-0.2, -0.15) is 0 Å². The summed E-state index contributed by atoms with van der Waals surface area (Å²) in [4.78, 5) is 0.0295. The molecule has 0 fully saturated rings. The lowest BCUT2D eigenvalue weighted by molar-refractivity contribution is 0.217. The summed E-state index contributed by atoms with van der Waals surface area (Å²) in [5.41, 5.74) is 0. The Kier molecular flexibility index (Phi) is 5.52. The number of primary sulfonamides is 1. The number of benzene rings is 2. The molecule has 0 saturated carbocycles. The van der Waals surface area contributed by atoms with E-state index < -0.39 is 10.0 Å². The Bertz CT molecular complexity index is 748. The third-order valence-corrected chi connectivity index (χ3v) is 4.13. The molecule has 0 heterocycles. The average molecular weight is 362 g/mol. The lowest BCUT2D eigenvalue weighted by Crippen LogP contribution is -2.12. The molecule has 0 spiro atoms. The topological polar surface area (TPSA) is 78.6 Å². The fraction of sp³-hybridized carbons (Fsp3) is 0.143. The van der Waals surface area contributed by atoms with Crippen LogP contribution in [0.15, 0.2) is 47.4 Å². The van der Waals surface area contributed by atoms with E-state index >= 15 is 0 Å². The van der Waals surface area contributed by atoms with Gasteiger partial charge in [0.2, 0.25) is 10.0 Å². The summed E-state index contributed by atoms with van der Waals surface area (Å²) in [6.45, 7) is 0.522. The molecule has 2 N–H and O–H groups in total. The maximum atomic E-state index is 11.1. The van der Waals surface area contributed by atoms with Gasteiger partial charge in [-0.25, -0.2) is 13.6 Å². The fourth-order valence-corrected chi connectivity index (χ4v) is 2.47. The van der Waals surface area contributed by atoms with Gasteiger partial charge in [0.05, 0.1) is 9.92 Å². The monoisotopic (exact) mass is 361 g/mol. The summed E-state index contributed by atoms with van der Waals surface area (Å²) < 4.78 is 33.1. The first-order valence-electron chi connectivity index (χ1n) is 6.20. The Morgan fingerprint density at radius 1 is 0.955 bits per heavy atom. The van der Waals surface area contributed by atoms with E-state index in [9.17, 15) is 8.42 Å². The number of hydrogen-bond acceptors (Lipinski definition) is 4. The molecule has 118 valence electrons. The van der Waals surface area contributed by atoms with Crippen molar-refractivity contribution in [2.45, 2.75) is 4.90 Å². The molecular formula is C14H13Cl2NO4S. The molecule has 0 unspecified atom stereocenters. The lowest BCUT2D eigenvalue weighted by Gasteiger charge is -2.10. The lowest BCUT2D eigenvalue weighted by atomic mass is 10.3. The van der Waals surface area contributed by atoms with Gasteiger partial charge in [-0.05, 0) is 36.4 Å². The SMILES string of the molecule is NS(=O)(=O)c1ccc(OCCOc2cc(Cl)ccc2Cl)cc1. The molecule has 0 aromatic heterocycles. The minimum atomic E-state index is -3.70. The van der Waals surface area contributed by atoms with Crippen molar-refractivity contribution in [1.29, 1.82) is 0 Å². The van der Waals surface area contributed by atoms with E-state index in [-0.39, 0.29) is 18.1 Å². The Morgan fingerprint density at radius 3 is 2.23 bits per heavy atom. The molecule has 2 aromatic rings. The van der Waals surface area contributed by atoms with Crippen LogP contribution in [0.4, 0.5) is 0 Å². The van der Waals surface area contributed by atoms with Crippen LogP contribution in [0.3, 0.4) is 0 Å². The van der Waals surface area contributed by atoms with Crippen LogP contribution in [-0.2, 0) is 10.0 Å². The van der Waals surface area contributed by atoms with Crippen molar-refractivity contribution in [2.75, 3.05) is 13.2 Å². The Balaban J connectivity index is 1.85. The molecule has 0 amide bonds. The zero-order chi connectivity index (χ0) is 16.2. The highest BCUT2D eigenvalue weighted by Gasteiger charge is 2.07. The number of nitrogens with two attached hydrogens (primary N) is 1. The first-order valence-corrected chi connectivity index (χ1v) is 8.50. The smallest absolute Gasteiger partial charge is 0.238 e. The Labute approximate surface area is 138 Å². The van der Waals surface area contributed by atoms with E-state index in [1.807, 2.05) is 0 Å². The molecule has 0 aliphatic carbocycles. The van der Waals surface area contributed by atoms with Crippen LogP contribution in [0.25, 0.3) is 0 Å². The minimum Gasteiger partial charge on any atom is -0.490 e. The van der Waals surface area contributed by atoms with E-state index in [1.54, 1.807) is 18.2 Å². The van der Waals surface area contributed by atoms with Crippen LogP contribution in [0.2, 0.25) is 10.0 Å². The van der Waals surface area contributed by atoms with Crippen LogP contribution in [0, 0.1) is 0 Å². The van der Waals surface area contributed by atoms with Crippen LogP contribution in [0.5, 0.6) is 11.5 Å². The summed E-state index contributed by atoms with van der Waals surface area (Å²) in [5.74, 6) is 0.982. The van der Waals surface area contributed by atoms with Gasteiger partial charge in [-0.1, -0.05) is 23.2 Å². The van der Waals surface area contributed by atoms with E-state index in [0.29, 0.717) is 21.5 Å². The maximum Gasteiger partial charge on any atom is 0.238 e. The van der Waals surface area contributed by atoms with Crippen molar-refractivity contribution < 1.29 is 17.9 Å². The van der Waals surface area contributed by atoms with E-state index in [2.05, 4.69) is 0 Å². The Morgan fingerprint density at radius 2 is 1.59 bits per heavy atom. The number of sulfonamides is 1. The van der Waals surface area contributed by atoms with Crippen molar-refractivity contribution in [2.24, 2.45) is 5.14 Å². The van der Waals surface area contributed by atoms with E-state index in [0.717, 1.165) is 0 Å². The van der Waals surface area contributed by atoms with Crippen molar-refractivity contribution in [3.63, 3.8) is 0 Å². The number of rotatable bonds is 6. The second-order valence-electron chi connectivity index (χ2n) is 4.29. The predicted octanol–water partition coefficient (Wildman–Crippen LogP) is 3.10. The van der Waals surface area contributed by atoms with Gasteiger partial charge in [0.1, 0.15) is 24.7 Å². The molecule has 0 bridgehead atoms. The molecule has 0 aliphatic heterocycles. The number of ether oxygens (including phenoxy) is 2. The summed E-state index contributed by atoms with van der Waals surface area (Å²) >= 11 is 11.8. The second kappa shape index (κ2) is 7.19. The molecule has 0 aliphatic rings. The fourth-order valence-electron chi connectivity index (χ4n) is 1.62. The second-order valence-corrected chi connectivity index (χ2v) is 6.69. The normalized spacial score (nSPS) is 11.2. The molecule has 5 nitrogen and oxygen atoms in total. The zero-order valence-electron chi connectivity index (χ0n) is 11.3. The maximum absolute atomic E-state index is 11.1. The first kappa shape index (κ1) is 16.9. The molecule has 22 heavy (non-hydrogen) atoms. The highest BCUT2D eigenvalue weighted by molar-refractivity contribution is 7.89. The average Bonchev–Trinajstić information content (AvgIpc) is 2.46. The molecule has 2 rings (SSSR count). The van der Waals surface area contributed by atoms with Gasteiger partial charge in [-0.3, -0.25) is 0 Å². The Hall–Kier alpha value is -1.47. The molecule has 8 heteroatoms.